The van der Waals surface area contributed by atoms with Gasteiger partial charge in [-0.15, -0.1) is 0 Å². The van der Waals surface area contributed by atoms with Crippen molar-refractivity contribution in [3.63, 3.8) is 0 Å². The number of nitrogens with zero attached hydrogens (tertiary/aromatic N) is 1. The molecule has 1 amide bonds. The molecule has 1 N–H and O–H groups in total. The maximum absolute atomic E-state index is 13.1. The number of halogens is 1. The zero-order valence-electron chi connectivity index (χ0n) is 19.3. The second kappa shape index (κ2) is 10.3. The summed E-state index contributed by atoms with van der Waals surface area (Å²) in [5.74, 6) is -0.979. The van der Waals surface area contributed by atoms with Gasteiger partial charge in [-0.05, 0) is 23.1 Å². The molecular formula is C25H28ClNO6. The van der Waals surface area contributed by atoms with E-state index in [-0.39, 0.29) is 40.8 Å². The average molecular weight is 474 g/mol. The first-order chi connectivity index (χ1) is 15.7. The monoisotopic (exact) mass is 473 g/mol. The third-order valence-corrected chi connectivity index (χ3v) is 6.02. The van der Waals surface area contributed by atoms with Crippen molar-refractivity contribution in [1.29, 1.82) is 0 Å². The number of benzene rings is 2. The SMILES string of the molecule is COCCN1C(=O)C(=O)/C(=C(/O)c2cc(OC)c(Cl)cc2OC)C1c1ccc(C(C)C)cc1. The number of amides is 1. The van der Waals surface area contributed by atoms with Gasteiger partial charge in [0, 0.05) is 19.7 Å². The van der Waals surface area contributed by atoms with E-state index in [4.69, 9.17) is 25.8 Å². The highest BCUT2D eigenvalue weighted by molar-refractivity contribution is 6.46. The molecule has 1 unspecified atom stereocenters. The van der Waals surface area contributed by atoms with Crippen LogP contribution in [-0.2, 0) is 14.3 Å². The number of hydrogen-bond donors (Lipinski definition) is 1. The Morgan fingerprint density at radius 2 is 1.70 bits per heavy atom. The molecule has 8 heteroatoms. The number of hydrogen-bond acceptors (Lipinski definition) is 6. The number of methoxy groups -OCH3 is 3. The molecule has 0 radical (unpaired) electrons. The van der Waals surface area contributed by atoms with E-state index in [0.717, 1.165) is 5.56 Å². The fraction of sp³-hybridized carbons (Fsp3) is 0.360. The Morgan fingerprint density at radius 3 is 2.24 bits per heavy atom. The van der Waals surface area contributed by atoms with Crippen LogP contribution in [0.5, 0.6) is 11.5 Å². The second-order valence-corrected chi connectivity index (χ2v) is 8.40. The van der Waals surface area contributed by atoms with E-state index in [9.17, 15) is 14.7 Å². The summed E-state index contributed by atoms with van der Waals surface area (Å²) in [4.78, 5) is 27.5. The van der Waals surface area contributed by atoms with Gasteiger partial charge in [0.1, 0.15) is 17.3 Å². The quantitative estimate of drug-likeness (QED) is 0.344. The molecule has 0 spiro atoms. The number of Topliss-reactive ketones (excluding diaryl/α,β-unsaturated/α-hetero) is 1. The molecule has 1 fully saturated rings. The van der Waals surface area contributed by atoms with Crippen molar-refractivity contribution in [2.75, 3.05) is 34.5 Å². The van der Waals surface area contributed by atoms with E-state index in [1.807, 2.05) is 24.3 Å². The Hall–Kier alpha value is -3.03. The highest BCUT2D eigenvalue weighted by Gasteiger charge is 2.46. The van der Waals surface area contributed by atoms with Crippen LogP contribution >= 0.6 is 11.6 Å². The van der Waals surface area contributed by atoms with Crippen LogP contribution in [0, 0.1) is 0 Å². The highest BCUT2D eigenvalue weighted by atomic mass is 35.5. The van der Waals surface area contributed by atoms with Crippen molar-refractivity contribution in [3.05, 3.63) is 63.7 Å². The van der Waals surface area contributed by atoms with Gasteiger partial charge in [-0.1, -0.05) is 49.7 Å². The second-order valence-electron chi connectivity index (χ2n) is 7.99. The minimum absolute atomic E-state index is 0.0314. The first kappa shape index (κ1) is 24.6. The molecule has 33 heavy (non-hydrogen) atoms. The molecular weight excluding hydrogens is 446 g/mol. The largest absolute Gasteiger partial charge is 0.507 e. The van der Waals surface area contributed by atoms with E-state index in [0.29, 0.717) is 17.2 Å². The molecule has 7 nitrogen and oxygen atoms in total. The number of rotatable bonds is 8. The zero-order chi connectivity index (χ0) is 24.3. The molecule has 1 heterocycles. The molecule has 0 bridgehead atoms. The molecule has 2 aromatic carbocycles. The molecule has 1 atom stereocenters. The Labute approximate surface area is 198 Å². The average Bonchev–Trinajstić information content (AvgIpc) is 3.06. The molecule has 176 valence electrons. The summed E-state index contributed by atoms with van der Waals surface area (Å²) in [6.07, 6.45) is 0. The van der Waals surface area contributed by atoms with Crippen LogP contribution in [0.1, 0.15) is 42.5 Å². The van der Waals surface area contributed by atoms with Crippen molar-refractivity contribution >= 4 is 29.1 Å². The zero-order valence-corrected chi connectivity index (χ0v) is 20.1. The van der Waals surface area contributed by atoms with E-state index < -0.39 is 17.7 Å². The van der Waals surface area contributed by atoms with Crippen LogP contribution in [0.15, 0.2) is 42.0 Å². The van der Waals surface area contributed by atoms with Gasteiger partial charge in [-0.3, -0.25) is 9.59 Å². The van der Waals surface area contributed by atoms with Crippen LogP contribution in [0.3, 0.4) is 0 Å². The van der Waals surface area contributed by atoms with Crippen molar-refractivity contribution < 1.29 is 28.9 Å². The normalized spacial score (nSPS) is 17.7. The topological polar surface area (TPSA) is 85.3 Å². The number of carbonyl (C=O) groups excluding carboxylic acids is 2. The van der Waals surface area contributed by atoms with E-state index >= 15 is 0 Å². The standard InChI is InChI=1S/C25H28ClNO6/c1-14(2)15-6-8-16(9-7-15)22-21(24(29)25(30)27(22)10-11-31-3)23(28)17-12-20(33-5)18(26)13-19(17)32-4/h6-9,12-14,22,28H,10-11H2,1-5H3/b23-21+. The summed E-state index contributed by atoms with van der Waals surface area (Å²) < 4.78 is 15.8. The molecule has 1 aliphatic rings. The number of aliphatic hydroxyl groups excluding tert-OH is 1. The first-order valence-electron chi connectivity index (χ1n) is 10.5. The van der Waals surface area contributed by atoms with Crippen molar-refractivity contribution in [1.82, 2.24) is 4.90 Å². The Balaban J connectivity index is 2.23. The minimum atomic E-state index is -0.784. The lowest BCUT2D eigenvalue weighted by atomic mass is 9.93. The summed E-state index contributed by atoms with van der Waals surface area (Å²) in [5, 5.41) is 11.6. The summed E-state index contributed by atoms with van der Waals surface area (Å²) in [7, 11) is 4.39. The van der Waals surface area contributed by atoms with Gasteiger partial charge in [-0.2, -0.15) is 0 Å². The smallest absolute Gasteiger partial charge is 0.295 e. The molecule has 1 saturated heterocycles. The van der Waals surface area contributed by atoms with Crippen molar-refractivity contribution in [2.45, 2.75) is 25.8 Å². The molecule has 1 aliphatic heterocycles. The minimum Gasteiger partial charge on any atom is -0.507 e. The summed E-state index contributed by atoms with van der Waals surface area (Å²) >= 11 is 6.20. The Kier molecular flexibility index (Phi) is 7.66. The lowest BCUT2D eigenvalue weighted by Crippen LogP contribution is -2.32. The van der Waals surface area contributed by atoms with Gasteiger partial charge in [0.05, 0.1) is 43.0 Å². The Morgan fingerprint density at radius 1 is 1.06 bits per heavy atom. The number of ether oxygens (including phenoxy) is 3. The van der Waals surface area contributed by atoms with Gasteiger partial charge < -0.3 is 24.2 Å². The predicted octanol–water partition coefficient (Wildman–Crippen LogP) is 4.55. The molecule has 0 aromatic heterocycles. The predicted molar refractivity (Wildman–Crippen MR) is 126 cm³/mol. The number of carbonyl (C=O) groups is 2. The fourth-order valence-electron chi connectivity index (χ4n) is 3.90. The van der Waals surface area contributed by atoms with Gasteiger partial charge in [0.25, 0.3) is 11.7 Å². The lowest BCUT2D eigenvalue weighted by Gasteiger charge is -2.25. The molecule has 0 aliphatic carbocycles. The van der Waals surface area contributed by atoms with E-state index in [2.05, 4.69) is 13.8 Å². The highest BCUT2D eigenvalue weighted by Crippen LogP contribution is 2.43. The number of ketones is 1. The van der Waals surface area contributed by atoms with Crippen molar-refractivity contribution in [2.24, 2.45) is 0 Å². The molecule has 0 saturated carbocycles. The summed E-state index contributed by atoms with van der Waals surface area (Å²) in [5.41, 5.74) is 2.00. The lowest BCUT2D eigenvalue weighted by molar-refractivity contribution is -0.140. The molecule has 2 aromatic rings. The number of likely N-dealkylation sites (tertiary alicyclic amines) is 1. The van der Waals surface area contributed by atoms with Gasteiger partial charge in [0.15, 0.2) is 0 Å². The number of aliphatic hydroxyl groups is 1. The first-order valence-corrected chi connectivity index (χ1v) is 10.9. The maximum atomic E-state index is 13.1. The van der Waals surface area contributed by atoms with Crippen LogP contribution in [0.4, 0.5) is 0 Å². The van der Waals surface area contributed by atoms with Crippen LogP contribution in [-0.4, -0.2) is 56.2 Å². The Bertz CT molecular complexity index is 1080. The van der Waals surface area contributed by atoms with Crippen LogP contribution in [0.25, 0.3) is 5.76 Å². The summed E-state index contributed by atoms with van der Waals surface area (Å²) in [6, 6.07) is 9.86. The maximum Gasteiger partial charge on any atom is 0.295 e. The van der Waals surface area contributed by atoms with Gasteiger partial charge in [0.2, 0.25) is 0 Å². The van der Waals surface area contributed by atoms with E-state index in [1.165, 1.54) is 38.4 Å². The van der Waals surface area contributed by atoms with Crippen LogP contribution < -0.4 is 9.47 Å². The van der Waals surface area contributed by atoms with Gasteiger partial charge >= 0.3 is 0 Å². The van der Waals surface area contributed by atoms with E-state index in [1.54, 1.807) is 0 Å². The van der Waals surface area contributed by atoms with Crippen molar-refractivity contribution in [3.8, 4) is 11.5 Å². The van der Waals surface area contributed by atoms with Crippen LogP contribution in [0.2, 0.25) is 5.02 Å². The van der Waals surface area contributed by atoms with Gasteiger partial charge in [-0.25, -0.2) is 0 Å². The fourth-order valence-corrected chi connectivity index (χ4v) is 4.13. The molecule has 3 rings (SSSR count). The third-order valence-electron chi connectivity index (χ3n) is 5.72. The third kappa shape index (κ3) is 4.70. The summed E-state index contributed by atoms with van der Waals surface area (Å²) in [6.45, 7) is 4.60.